The van der Waals surface area contributed by atoms with E-state index in [9.17, 15) is 9.18 Å². The summed E-state index contributed by atoms with van der Waals surface area (Å²) in [5.74, 6) is -3.65. The monoisotopic (exact) mass is 251 g/mol. The number of rotatable bonds is 2. The molecule has 0 bridgehead atoms. The molecule has 2 nitrogen and oxygen atoms in total. The number of benzene rings is 1. The average Bonchev–Trinajstić information content (AvgIpc) is 2.33. The molecule has 1 aromatic carbocycles. The smallest absolute Gasteiger partial charge is 0.191 e. The molecule has 1 aliphatic carbocycles. The van der Waals surface area contributed by atoms with Gasteiger partial charge in [-0.15, -0.1) is 0 Å². The quantitative estimate of drug-likeness (QED) is 0.649. The lowest BCUT2D eigenvalue weighted by atomic mass is 9.86. The molecule has 2 rings (SSSR count). The molecule has 2 N–H and O–H groups in total. The fourth-order valence-corrected chi connectivity index (χ4v) is 1.90. The summed E-state index contributed by atoms with van der Waals surface area (Å²) in [6.45, 7) is 0. The number of carbonyl (C=O) groups excluding carboxylic acids is 1. The first-order valence-electron chi connectivity index (χ1n) is 5.14. The maximum Gasteiger partial charge on any atom is 0.191 e. The summed E-state index contributed by atoms with van der Waals surface area (Å²) < 4.78 is 14.0. The van der Waals surface area contributed by atoms with Crippen LogP contribution >= 0.6 is 11.6 Å². The van der Waals surface area contributed by atoms with Gasteiger partial charge in [-0.1, -0.05) is 48.0 Å². The molecule has 0 heterocycles. The number of halogens is 2. The van der Waals surface area contributed by atoms with Gasteiger partial charge in [-0.2, -0.15) is 0 Å². The van der Waals surface area contributed by atoms with E-state index in [4.69, 9.17) is 17.3 Å². The standard InChI is InChI=1S/C13H11ClFNO/c14-10-6-7-13(15,16)11(8-10)12(17)9-4-2-1-3-5-9/h1-8,11H,16H2/t11-,13-/m1/s1. The Morgan fingerprint density at radius 3 is 2.65 bits per heavy atom. The van der Waals surface area contributed by atoms with E-state index in [1.807, 2.05) is 0 Å². The van der Waals surface area contributed by atoms with Crippen LogP contribution < -0.4 is 5.73 Å². The van der Waals surface area contributed by atoms with Crippen molar-refractivity contribution < 1.29 is 9.18 Å². The molecular formula is C13H11ClFNO. The molecule has 4 heteroatoms. The predicted molar refractivity (Wildman–Crippen MR) is 65.4 cm³/mol. The second kappa shape index (κ2) is 4.43. The van der Waals surface area contributed by atoms with E-state index in [2.05, 4.69) is 0 Å². The fraction of sp³-hybridized carbons (Fsp3) is 0.154. The van der Waals surface area contributed by atoms with Crippen molar-refractivity contribution in [1.29, 1.82) is 0 Å². The number of hydrogen-bond acceptors (Lipinski definition) is 2. The Bertz CT molecular complexity index is 493. The molecule has 0 unspecified atom stereocenters. The average molecular weight is 252 g/mol. The van der Waals surface area contributed by atoms with E-state index >= 15 is 0 Å². The van der Waals surface area contributed by atoms with Gasteiger partial charge < -0.3 is 0 Å². The van der Waals surface area contributed by atoms with Crippen LogP contribution in [0.2, 0.25) is 0 Å². The van der Waals surface area contributed by atoms with Gasteiger partial charge in [0.2, 0.25) is 0 Å². The molecule has 0 amide bonds. The Kier molecular flexibility index (Phi) is 3.13. The number of alkyl halides is 1. The van der Waals surface area contributed by atoms with Gasteiger partial charge in [0, 0.05) is 10.6 Å². The minimum atomic E-state index is -2.19. The van der Waals surface area contributed by atoms with Crippen LogP contribution in [0.3, 0.4) is 0 Å². The summed E-state index contributed by atoms with van der Waals surface area (Å²) in [4.78, 5) is 12.1. The summed E-state index contributed by atoms with van der Waals surface area (Å²) in [7, 11) is 0. The number of allylic oxidation sites excluding steroid dienone is 2. The Morgan fingerprint density at radius 1 is 1.35 bits per heavy atom. The molecule has 0 radical (unpaired) electrons. The second-order valence-electron chi connectivity index (χ2n) is 3.92. The van der Waals surface area contributed by atoms with E-state index in [0.29, 0.717) is 10.6 Å². The van der Waals surface area contributed by atoms with Gasteiger partial charge in [0.25, 0.3) is 0 Å². The Hall–Kier alpha value is -1.45. The first-order valence-corrected chi connectivity index (χ1v) is 5.52. The van der Waals surface area contributed by atoms with Gasteiger partial charge >= 0.3 is 0 Å². The highest BCUT2D eigenvalue weighted by Crippen LogP contribution is 2.30. The van der Waals surface area contributed by atoms with Crippen molar-refractivity contribution in [1.82, 2.24) is 0 Å². The molecule has 0 spiro atoms. The van der Waals surface area contributed by atoms with Gasteiger partial charge in [0.15, 0.2) is 11.6 Å². The first kappa shape index (κ1) is 12.0. The largest absolute Gasteiger partial charge is 0.295 e. The van der Waals surface area contributed by atoms with Gasteiger partial charge in [-0.05, 0) is 12.2 Å². The van der Waals surface area contributed by atoms with E-state index in [0.717, 1.165) is 6.08 Å². The lowest BCUT2D eigenvalue weighted by Gasteiger charge is -2.26. The molecule has 0 aromatic heterocycles. The zero-order chi connectivity index (χ0) is 12.5. The lowest BCUT2D eigenvalue weighted by molar-refractivity contribution is 0.0807. The third kappa shape index (κ3) is 2.46. The Balaban J connectivity index is 2.34. The van der Waals surface area contributed by atoms with Crippen LogP contribution in [-0.4, -0.2) is 11.6 Å². The molecular weight excluding hydrogens is 241 g/mol. The van der Waals surface area contributed by atoms with Crippen LogP contribution in [0.4, 0.5) is 4.39 Å². The minimum absolute atomic E-state index is 0.318. The summed E-state index contributed by atoms with van der Waals surface area (Å²) in [5.41, 5.74) is 5.86. The maximum atomic E-state index is 14.0. The van der Waals surface area contributed by atoms with Crippen molar-refractivity contribution in [3.63, 3.8) is 0 Å². The van der Waals surface area contributed by atoms with Gasteiger partial charge in [0.1, 0.15) is 0 Å². The van der Waals surface area contributed by atoms with Crippen LogP contribution in [0.1, 0.15) is 10.4 Å². The van der Waals surface area contributed by atoms with Crippen molar-refractivity contribution >= 4 is 17.4 Å². The molecule has 1 aromatic rings. The summed E-state index contributed by atoms with van der Waals surface area (Å²) in [6.07, 6.45) is 3.81. The molecule has 2 atom stereocenters. The highest BCUT2D eigenvalue weighted by molar-refractivity contribution is 6.31. The molecule has 0 fully saturated rings. The van der Waals surface area contributed by atoms with E-state index in [-0.39, 0.29) is 5.78 Å². The number of carbonyl (C=O) groups is 1. The summed E-state index contributed by atoms with van der Waals surface area (Å²) >= 11 is 5.77. The topological polar surface area (TPSA) is 43.1 Å². The van der Waals surface area contributed by atoms with E-state index < -0.39 is 11.7 Å². The molecule has 17 heavy (non-hydrogen) atoms. The zero-order valence-electron chi connectivity index (χ0n) is 8.94. The van der Waals surface area contributed by atoms with Crippen LogP contribution in [0.15, 0.2) is 53.6 Å². The van der Waals surface area contributed by atoms with E-state index in [1.165, 1.54) is 12.2 Å². The minimum Gasteiger partial charge on any atom is -0.295 e. The molecule has 0 saturated heterocycles. The number of ketones is 1. The second-order valence-corrected chi connectivity index (χ2v) is 4.36. The summed E-state index contributed by atoms with van der Waals surface area (Å²) in [5, 5.41) is 0.318. The molecule has 1 aliphatic rings. The van der Waals surface area contributed by atoms with Gasteiger partial charge in [-0.25, -0.2) is 4.39 Å². The van der Waals surface area contributed by atoms with Crippen molar-refractivity contribution in [3.05, 3.63) is 59.2 Å². The highest BCUT2D eigenvalue weighted by Gasteiger charge is 2.38. The predicted octanol–water partition coefficient (Wildman–Crippen LogP) is 2.80. The molecule has 0 saturated carbocycles. The van der Waals surface area contributed by atoms with Crippen molar-refractivity contribution in [3.8, 4) is 0 Å². The third-order valence-corrected chi connectivity index (χ3v) is 2.89. The molecule has 88 valence electrons. The SMILES string of the molecule is N[C@]1(F)C=CC(Cl)=C[C@@H]1C(=O)c1ccccc1. The number of hydrogen-bond donors (Lipinski definition) is 1. The van der Waals surface area contributed by atoms with Crippen molar-refractivity contribution in [2.24, 2.45) is 11.7 Å². The highest BCUT2D eigenvalue weighted by atomic mass is 35.5. The van der Waals surface area contributed by atoms with Crippen LogP contribution in [0.5, 0.6) is 0 Å². The lowest BCUT2D eigenvalue weighted by Crippen LogP contribution is -2.45. The fourth-order valence-electron chi connectivity index (χ4n) is 1.71. The van der Waals surface area contributed by atoms with Gasteiger partial charge in [0.05, 0.1) is 5.92 Å². The maximum absolute atomic E-state index is 14.0. The number of nitrogens with two attached hydrogens (primary N) is 1. The van der Waals surface area contributed by atoms with Gasteiger partial charge in [-0.3, -0.25) is 10.5 Å². The number of Topliss-reactive ketones (excluding diaryl/α,β-unsaturated/α-hetero) is 1. The van der Waals surface area contributed by atoms with Crippen molar-refractivity contribution in [2.75, 3.05) is 0 Å². The van der Waals surface area contributed by atoms with Crippen molar-refractivity contribution in [2.45, 2.75) is 5.79 Å². The zero-order valence-corrected chi connectivity index (χ0v) is 9.69. The first-order chi connectivity index (χ1) is 8.00. The van der Waals surface area contributed by atoms with Crippen LogP contribution in [-0.2, 0) is 0 Å². The summed E-state index contributed by atoms with van der Waals surface area (Å²) in [6, 6.07) is 8.46. The van der Waals surface area contributed by atoms with Crippen LogP contribution in [0, 0.1) is 5.92 Å². The van der Waals surface area contributed by atoms with E-state index in [1.54, 1.807) is 30.3 Å². The Morgan fingerprint density at radius 2 is 2.00 bits per heavy atom. The Labute approximate surface area is 104 Å². The normalized spacial score (nSPS) is 27.7. The third-order valence-electron chi connectivity index (χ3n) is 2.64. The van der Waals surface area contributed by atoms with Crippen LogP contribution in [0.25, 0.3) is 0 Å². The molecule has 0 aliphatic heterocycles.